The summed E-state index contributed by atoms with van der Waals surface area (Å²) >= 11 is 0. The zero-order chi connectivity index (χ0) is 13.8. The number of nitrogens with one attached hydrogen (secondary N) is 1. The Morgan fingerprint density at radius 3 is 2.95 bits per heavy atom. The fourth-order valence-corrected chi connectivity index (χ4v) is 3.65. The van der Waals surface area contributed by atoms with Crippen molar-refractivity contribution < 1.29 is 0 Å². The number of benzene rings is 1. The molecule has 1 fully saturated rings. The van der Waals surface area contributed by atoms with E-state index in [-0.39, 0.29) is 0 Å². The van der Waals surface area contributed by atoms with Gasteiger partial charge in [0.1, 0.15) is 0 Å². The normalized spacial score (nSPS) is 23.6. The van der Waals surface area contributed by atoms with Crippen molar-refractivity contribution in [3.63, 3.8) is 0 Å². The predicted octanol–water partition coefficient (Wildman–Crippen LogP) is 4.12. The van der Waals surface area contributed by atoms with Gasteiger partial charge in [-0.1, -0.05) is 31.4 Å². The Labute approximate surface area is 121 Å². The lowest BCUT2D eigenvalue weighted by Crippen LogP contribution is -2.24. The summed E-state index contributed by atoms with van der Waals surface area (Å²) in [6.45, 7) is 1.13. The number of pyridine rings is 1. The van der Waals surface area contributed by atoms with Gasteiger partial charge in [0.25, 0.3) is 0 Å². The molecule has 2 heteroatoms. The number of nitrogens with zero attached hydrogens (tertiary/aromatic N) is 1. The van der Waals surface area contributed by atoms with Crippen LogP contribution in [0.25, 0.3) is 10.9 Å². The highest BCUT2D eigenvalue weighted by Crippen LogP contribution is 2.37. The highest BCUT2D eigenvalue weighted by molar-refractivity contribution is 5.79. The van der Waals surface area contributed by atoms with Gasteiger partial charge in [-0.2, -0.15) is 0 Å². The standard InChI is InChI=1S/C18H24N2/c1-19-13-16-6-3-2-4-8-17(16)14-9-10-18-15(12-14)7-5-11-20-18/h5,7,9-12,16-17,19H,2-4,6,8,13H2,1H3. The van der Waals surface area contributed by atoms with Crippen LogP contribution >= 0.6 is 0 Å². The maximum atomic E-state index is 4.43. The van der Waals surface area contributed by atoms with Gasteiger partial charge in [0.15, 0.2) is 0 Å². The lowest BCUT2D eigenvalue weighted by atomic mass is 9.82. The van der Waals surface area contributed by atoms with Crippen molar-refractivity contribution in [1.29, 1.82) is 0 Å². The number of hydrogen-bond donors (Lipinski definition) is 1. The van der Waals surface area contributed by atoms with Crippen LogP contribution in [0.3, 0.4) is 0 Å². The average Bonchev–Trinajstić information content (AvgIpc) is 2.73. The Balaban J connectivity index is 1.93. The molecule has 1 aromatic carbocycles. The monoisotopic (exact) mass is 268 g/mol. The number of aromatic nitrogens is 1. The molecule has 1 aliphatic carbocycles. The van der Waals surface area contributed by atoms with Gasteiger partial charge in [-0.05, 0) is 62.0 Å². The molecule has 2 nitrogen and oxygen atoms in total. The molecule has 0 radical (unpaired) electrons. The van der Waals surface area contributed by atoms with Gasteiger partial charge in [-0.15, -0.1) is 0 Å². The Bertz CT molecular complexity index is 564. The molecule has 1 heterocycles. The van der Waals surface area contributed by atoms with Gasteiger partial charge in [0, 0.05) is 11.6 Å². The molecule has 1 aliphatic rings. The molecule has 3 rings (SSSR count). The van der Waals surface area contributed by atoms with Crippen LogP contribution in [-0.2, 0) is 0 Å². The molecule has 1 saturated carbocycles. The molecule has 2 atom stereocenters. The largest absolute Gasteiger partial charge is 0.319 e. The van der Waals surface area contributed by atoms with Gasteiger partial charge in [-0.3, -0.25) is 4.98 Å². The second-order valence-electron chi connectivity index (χ2n) is 6.02. The predicted molar refractivity (Wildman–Crippen MR) is 85.0 cm³/mol. The molecule has 106 valence electrons. The quantitative estimate of drug-likeness (QED) is 0.847. The first kappa shape index (κ1) is 13.6. The summed E-state index contributed by atoms with van der Waals surface area (Å²) in [5.74, 6) is 1.48. The van der Waals surface area contributed by atoms with E-state index >= 15 is 0 Å². The van der Waals surface area contributed by atoms with E-state index in [4.69, 9.17) is 0 Å². The molecule has 0 spiro atoms. The molecule has 0 amide bonds. The molecule has 0 aliphatic heterocycles. The summed E-state index contributed by atoms with van der Waals surface area (Å²) in [4.78, 5) is 4.43. The molecular formula is C18H24N2. The van der Waals surface area contributed by atoms with Crippen molar-refractivity contribution in [2.45, 2.75) is 38.0 Å². The topological polar surface area (TPSA) is 24.9 Å². The minimum Gasteiger partial charge on any atom is -0.319 e. The second-order valence-corrected chi connectivity index (χ2v) is 6.02. The molecule has 2 aromatic rings. The number of rotatable bonds is 3. The van der Waals surface area contributed by atoms with Crippen molar-refractivity contribution in [3.05, 3.63) is 42.1 Å². The summed E-state index contributed by atoms with van der Waals surface area (Å²) in [6, 6.07) is 11.1. The first-order valence-electron chi connectivity index (χ1n) is 7.88. The van der Waals surface area contributed by atoms with Crippen molar-refractivity contribution >= 4 is 10.9 Å². The van der Waals surface area contributed by atoms with Gasteiger partial charge in [-0.25, -0.2) is 0 Å². The molecule has 1 N–H and O–H groups in total. The van der Waals surface area contributed by atoms with Gasteiger partial charge in [0.2, 0.25) is 0 Å². The van der Waals surface area contributed by atoms with Crippen molar-refractivity contribution in [1.82, 2.24) is 10.3 Å². The van der Waals surface area contributed by atoms with Crippen molar-refractivity contribution in [3.8, 4) is 0 Å². The summed E-state index contributed by atoms with van der Waals surface area (Å²) in [6.07, 6.45) is 8.71. The summed E-state index contributed by atoms with van der Waals surface area (Å²) < 4.78 is 0. The molecule has 20 heavy (non-hydrogen) atoms. The summed E-state index contributed by atoms with van der Waals surface area (Å²) in [5, 5.41) is 4.67. The zero-order valence-corrected chi connectivity index (χ0v) is 12.3. The van der Waals surface area contributed by atoms with Crippen LogP contribution in [0.5, 0.6) is 0 Å². The lowest BCUT2D eigenvalue weighted by molar-refractivity contribution is 0.386. The maximum absolute atomic E-state index is 4.43. The van der Waals surface area contributed by atoms with Crippen LogP contribution in [0, 0.1) is 5.92 Å². The van der Waals surface area contributed by atoms with Crippen LogP contribution in [0.15, 0.2) is 36.5 Å². The van der Waals surface area contributed by atoms with Crippen LogP contribution in [0.2, 0.25) is 0 Å². The number of fused-ring (bicyclic) bond motifs is 1. The second kappa shape index (κ2) is 6.36. The fraction of sp³-hybridized carbons (Fsp3) is 0.500. The van der Waals surface area contributed by atoms with Crippen molar-refractivity contribution in [2.24, 2.45) is 5.92 Å². The molecule has 1 aromatic heterocycles. The fourth-order valence-electron chi connectivity index (χ4n) is 3.65. The average molecular weight is 268 g/mol. The number of hydrogen-bond acceptors (Lipinski definition) is 2. The molecule has 2 unspecified atom stereocenters. The van der Waals surface area contributed by atoms with Crippen LogP contribution in [0.1, 0.15) is 43.6 Å². The summed E-state index contributed by atoms with van der Waals surface area (Å²) in [5.41, 5.74) is 2.61. The van der Waals surface area contributed by atoms with Crippen LogP contribution in [0.4, 0.5) is 0 Å². The van der Waals surface area contributed by atoms with Gasteiger partial charge in [0.05, 0.1) is 5.52 Å². The maximum Gasteiger partial charge on any atom is 0.0702 e. The molecule has 0 bridgehead atoms. The Morgan fingerprint density at radius 2 is 2.05 bits per heavy atom. The van der Waals surface area contributed by atoms with Gasteiger partial charge >= 0.3 is 0 Å². The van der Waals surface area contributed by atoms with E-state index in [0.717, 1.165) is 18.0 Å². The van der Waals surface area contributed by atoms with E-state index in [9.17, 15) is 0 Å². The molecule has 0 saturated heterocycles. The Kier molecular flexibility index (Phi) is 4.31. The molecular weight excluding hydrogens is 244 g/mol. The highest BCUT2D eigenvalue weighted by Gasteiger charge is 2.24. The third kappa shape index (κ3) is 2.85. The van der Waals surface area contributed by atoms with Crippen LogP contribution in [-0.4, -0.2) is 18.6 Å². The zero-order valence-electron chi connectivity index (χ0n) is 12.3. The van der Waals surface area contributed by atoms with E-state index in [2.05, 4.69) is 41.6 Å². The Hall–Kier alpha value is -1.41. The van der Waals surface area contributed by atoms with E-state index in [0.29, 0.717) is 5.92 Å². The first-order chi connectivity index (χ1) is 9.88. The smallest absolute Gasteiger partial charge is 0.0702 e. The van der Waals surface area contributed by atoms with E-state index in [1.54, 1.807) is 0 Å². The van der Waals surface area contributed by atoms with Crippen molar-refractivity contribution in [2.75, 3.05) is 13.6 Å². The third-order valence-electron chi connectivity index (χ3n) is 4.68. The van der Waals surface area contributed by atoms with Gasteiger partial charge < -0.3 is 5.32 Å². The highest BCUT2D eigenvalue weighted by atomic mass is 14.8. The van der Waals surface area contributed by atoms with E-state index in [1.165, 1.54) is 43.1 Å². The first-order valence-corrected chi connectivity index (χ1v) is 7.88. The summed E-state index contributed by atoms with van der Waals surface area (Å²) in [7, 11) is 2.08. The van der Waals surface area contributed by atoms with Crippen LogP contribution < -0.4 is 5.32 Å². The lowest BCUT2D eigenvalue weighted by Gasteiger charge is -2.25. The van der Waals surface area contributed by atoms with E-state index in [1.807, 2.05) is 12.3 Å². The SMILES string of the molecule is CNCC1CCCCCC1c1ccc2ncccc2c1. The minimum atomic E-state index is 0.703. The Morgan fingerprint density at radius 1 is 1.15 bits per heavy atom. The third-order valence-corrected chi connectivity index (χ3v) is 4.68. The van der Waals surface area contributed by atoms with E-state index < -0.39 is 0 Å². The minimum absolute atomic E-state index is 0.703.